The lowest BCUT2D eigenvalue weighted by Gasteiger charge is -2.14. The molecule has 1 aliphatic heterocycles. The summed E-state index contributed by atoms with van der Waals surface area (Å²) in [6.07, 6.45) is 5.08. The van der Waals surface area contributed by atoms with E-state index in [1.54, 1.807) is 18.3 Å². The topological polar surface area (TPSA) is 59.2 Å². The number of halogens is 1. The second-order valence-corrected chi connectivity index (χ2v) is 4.16. The second-order valence-electron chi connectivity index (χ2n) is 4.16. The summed E-state index contributed by atoms with van der Waals surface area (Å²) in [6.45, 7) is 3.30. The second kappa shape index (κ2) is 6.57. The normalized spacial score (nSPS) is 15.5. The van der Waals surface area contributed by atoms with Crippen molar-refractivity contribution in [3.05, 3.63) is 29.6 Å². The predicted molar refractivity (Wildman–Crippen MR) is 69.4 cm³/mol. The average molecular weight is 256 g/mol. The zero-order chi connectivity index (χ0) is 11.4. The van der Waals surface area contributed by atoms with Crippen LogP contribution in [0.5, 0.6) is 0 Å². The van der Waals surface area contributed by atoms with Gasteiger partial charge in [-0.25, -0.2) is 0 Å². The van der Waals surface area contributed by atoms with Crippen LogP contribution in [0.3, 0.4) is 0 Å². The van der Waals surface area contributed by atoms with Crippen LogP contribution in [-0.4, -0.2) is 35.4 Å². The number of carbonyl (C=O) groups is 1. The summed E-state index contributed by atoms with van der Waals surface area (Å²) in [4.78, 5) is 17.8. The Morgan fingerprint density at radius 2 is 2.12 bits per heavy atom. The van der Waals surface area contributed by atoms with Crippen LogP contribution in [0.2, 0.25) is 0 Å². The van der Waals surface area contributed by atoms with E-state index in [0.717, 1.165) is 18.7 Å². The Kier molecular flexibility index (Phi) is 5.38. The van der Waals surface area contributed by atoms with Crippen LogP contribution in [-0.2, 0) is 6.42 Å². The quantitative estimate of drug-likeness (QED) is 0.881. The molecule has 0 aromatic carbocycles. The van der Waals surface area contributed by atoms with Gasteiger partial charge in [0, 0.05) is 19.2 Å². The molecule has 0 spiro atoms. The van der Waals surface area contributed by atoms with Crippen molar-refractivity contribution in [1.29, 1.82) is 0 Å². The van der Waals surface area contributed by atoms with Crippen molar-refractivity contribution < 1.29 is 4.79 Å². The molecule has 0 unspecified atom stereocenters. The molecule has 0 aliphatic carbocycles. The minimum absolute atomic E-state index is 0. The highest BCUT2D eigenvalue weighted by Gasteiger charge is 2.13. The molecule has 1 aliphatic rings. The maximum absolute atomic E-state index is 11.2. The number of carbonyl (C=O) groups excluding carboxylic acids is 1. The Morgan fingerprint density at radius 3 is 2.76 bits per heavy atom. The molecule has 17 heavy (non-hydrogen) atoms. The summed E-state index contributed by atoms with van der Waals surface area (Å²) >= 11 is 0. The number of nitrogens with two attached hydrogens (primary N) is 1. The number of rotatable bonds is 4. The Hall–Kier alpha value is -1.13. The minimum atomic E-state index is -0.385. The number of primary amides is 1. The molecule has 0 saturated carbocycles. The summed E-state index contributed by atoms with van der Waals surface area (Å²) < 4.78 is 0. The summed E-state index contributed by atoms with van der Waals surface area (Å²) in [6, 6.07) is 3.49. The van der Waals surface area contributed by atoms with Crippen molar-refractivity contribution in [1.82, 2.24) is 9.88 Å². The summed E-state index contributed by atoms with van der Waals surface area (Å²) in [5.41, 5.74) is 6.68. The molecular weight excluding hydrogens is 238 g/mol. The van der Waals surface area contributed by atoms with Gasteiger partial charge in [0.2, 0.25) is 0 Å². The summed E-state index contributed by atoms with van der Waals surface area (Å²) in [5.74, 6) is -0.385. The van der Waals surface area contributed by atoms with E-state index in [1.807, 2.05) is 0 Å². The fourth-order valence-electron chi connectivity index (χ4n) is 2.13. The van der Waals surface area contributed by atoms with E-state index in [1.165, 1.54) is 25.9 Å². The third-order valence-corrected chi connectivity index (χ3v) is 3.02. The fourth-order valence-corrected chi connectivity index (χ4v) is 2.13. The molecule has 0 radical (unpaired) electrons. The molecular formula is C12H18ClN3O. The van der Waals surface area contributed by atoms with Gasteiger partial charge >= 0.3 is 0 Å². The lowest BCUT2D eigenvalue weighted by atomic mass is 10.1. The van der Waals surface area contributed by atoms with E-state index in [0.29, 0.717) is 5.56 Å². The fraction of sp³-hybridized carbons (Fsp3) is 0.500. The molecule has 1 amide bonds. The highest BCUT2D eigenvalue weighted by molar-refractivity contribution is 5.93. The predicted octanol–water partition coefficient (Wildman–Crippen LogP) is 1.24. The number of hydrogen-bond donors (Lipinski definition) is 1. The van der Waals surface area contributed by atoms with Crippen molar-refractivity contribution >= 4 is 18.3 Å². The third kappa shape index (κ3) is 3.68. The smallest absolute Gasteiger partial charge is 0.250 e. The number of pyridine rings is 1. The first-order valence-corrected chi connectivity index (χ1v) is 5.73. The van der Waals surface area contributed by atoms with Crippen molar-refractivity contribution in [2.24, 2.45) is 5.73 Å². The van der Waals surface area contributed by atoms with E-state index in [2.05, 4.69) is 9.88 Å². The van der Waals surface area contributed by atoms with Gasteiger partial charge in [-0.05, 0) is 38.1 Å². The Balaban J connectivity index is 0.00000144. The summed E-state index contributed by atoms with van der Waals surface area (Å²) in [5, 5.41) is 0. The number of likely N-dealkylation sites (tertiary alicyclic amines) is 1. The molecule has 1 fully saturated rings. The van der Waals surface area contributed by atoms with Gasteiger partial charge in [-0.1, -0.05) is 0 Å². The minimum Gasteiger partial charge on any atom is -0.366 e. The third-order valence-electron chi connectivity index (χ3n) is 3.02. The van der Waals surface area contributed by atoms with E-state index in [-0.39, 0.29) is 18.3 Å². The molecule has 0 atom stereocenters. The largest absolute Gasteiger partial charge is 0.366 e. The van der Waals surface area contributed by atoms with Crippen LogP contribution in [0, 0.1) is 0 Å². The van der Waals surface area contributed by atoms with E-state index in [4.69, 9.17) is 5.73 Å². The standard InChI is InChI=1S/C12H17N3O.ClH/c13-12(16)10-4-3-6-14-11(10)5-9-15-7-1-2-8-15;/h3-4,6H,1-2,5,7-9H2,(H2,13,16);1H. The lowest BCUT2D eigenvalue weighted by molar-refractivity contribution is 0.0999. The van der Waals surface area contributed by atoms with Crippen LogP contribution >= 0.6 is 12.4 Å². The van der Waals surface area contributed by atoms with Gasteiger partial charge in [0.1, 0.15) is 0 Å². The van der Waals surface area contributed by atoms with Crippen molar-refractivity contribution in [2.75, 3.05) is 19.6 Å². The molecule has 4 nitrogen and oxygen atoms in total. The first-order chi connectivity index (χ1) is 7.77. The summed E-state index contributed by atoms with van der Waals surface area (Å²) in [7, 11) is 0. The molecule has 1 saturated heterocycles. The molecule has 2 heterocycles. The molecule has 94 valence electrons. The van der Waals surface area contributed by atoms with Crippen LogP contribution in [0.1, 0.15) is 28.9 Å². The molecule has 2 N–H and O–H groups in total. The van der Waals surface area contributed by atoms with E-state index < -0.39 is 0 Å². The van der Waals surface area contributed by atoms with Crippen molar-refractivity contribution in [3.8, 4) is 0 Å². The van der Waals surface area contributed by atoms with Crippen LogP contribution < -0.4 is 5.73 Å². The van der Waals surface area contributed by atoms with Crippen LogP contribution in [0.25, 0.3) is 0 Å². The van der Waals surface area contributed by atoms with Gasteiger partial charge in [-0.3, -0.25) is 9.78 Å². The molecule has 0 bridgehead atoms. The van der Waals surface area contributed by atoms with E-state index >= 15 is 0 Å². The zero-order valence-corrected chi connectivity index (χ0v) is 10.6. The van der Waals surface area contributed by atoms with Gasteiger partial charge in [-0.15, -0.1) is 12.4 Å². The van der Waals surface area contributed by atoms with Gasteiger partial charge in [-0.2, -0.15) is 0 Å². The molecule has 1 aromatic heterocycles. The first-order valence-electron chi connectivity index (χ1n) is 5.73. The monoisotopic (exact) mass is 255 g/mol. The van der Waals surface area contributed by atoms with Crippen LogP contribution in [0.4, 0.5) is 0 Å². The average Bonchev–Trinajstić information content (AvgIpc) is 2.79. The van der Waals surface area contributed by atoms with Crippen molar-refractivity contribution in [2.45, 2.75) is 19.3 Å². The molecule has 2 rings (SSSR count). The lowest BCUT2D eigenvalue weighted by Crippen LogP contribution is -2.24. The zero-order valence-electron chi connectivity index (χ0n) is 9.76. The number of hydrogen-bond acceptors (Lipinski definition) is 3. The van der Waals surface area contributed by atoms with Gasteiger partial charge < -0.3 is 10.6 Å². The Bertz CT molecular complexity index is 378. The number of aromatic nitrogens is 1. The van der Waals surface area contributed by atoms with Crippen LogP contribution in [0.15, 0.2) is 18.3 Å². The number of amides is 1. The molecule has 5 heteroatoms. The van der Waals surface area contributed by atoms with Gasteiger partial charge in [0.15, 0.2) is 0 Å². The van der Waals surface area contributed by atoms with Gasteiger partial charge in [0.05, 0.1) is 11.3 Å². The maximum atomic E-state index is 11.2. The Labute approximate surface area is 108 Å². The van der Waals surface area contributed by atoms with Gasteiger partial charge in [0.25, 0.3) is 5.91 Å². The SMILES string of the molecule is Cl.NC(=O)c1cccnc1CCN1CCCC1. The Morgan fingerprint density at radius 1 is 1.41 bits per heavy atom. The first kappa shape index (κ1) is 13.9. The number of nitrogens with zero attached hydrogens (tertiary/aromatic N) is 2. The van der Waals surface area contributed by atoms with Crippen molar-refractivity contribution in [3.63, 3.8) is 0 Å². The maximum Gasteiger partial charge on any atom is 0.250 e. The highest BCUT2D eigenvalue weighted by Crippen LogP contribution is 2.10. The highest BCUT2D eigenvalue weighted by atomic mass is 35.5. The van der Waals surface area contributed by atoms with E-state index in [9.17, 15) is 4.79 Å². The molecule has 1 aromatic rings.